The molecule has 0 radical (unpaired) electrons. The van der Waals surface area contributed by atoms with Gasteiger partial charge in [0, 0.05) is 10.0 Å². The highest BCUT2D eigenvalue weighted by Gasteiger charge is 2.28. The average molecular weight is 447 g/mol. The topological polar surface area (TPSA) is 35.5 Å². The fraction of sp³-hybridized carbons (Fsp3) is 0.318. The lowest BCUT2D eigenvalue weighted by molar-refractivity contribution is -0.143. The second-order valence-electron chi connectivity index (χ2n) is 7.52. The number of benzene rings is 2. The molecule has 0 unspecified atom stereocenters. The lowest BCUT2D eigenvalue weighted by atomic mass is 9.86. The first-order valence-corrected chi connectivity index (χ1v) is 13.2. The first kappa shape index (κ1) is 21.4. The largest absolute Gasteiger partial charge is 0.544 e. The second-order valence-corrected chi connectivity index (χ2v) is 12.9. The van der Waals surface area contributed by atoms with Crippen LogP contribution in [0.4, 0.5) is 0 Å². The van der Waals surface area contributed by atoms with Crippen molar-refractivity contribution in [2.75, 3.05) is 7.11 Å². The Bertz CT molecular complexity index is 779. The van der Waals surface area contributed by atoms with Crippen LogP contribution in [-0.4, -0.2) is 21.4 Å². The summed E-state index contributed by atoms with van der Waals surface area (Å²) in [5, 5.41) is 0. The molecule has 0 bridgehead atoms. The van der Waals surface area contributed by atoms with Crippen molar-refractivity contribution < 1.29 is 14.0 Å². The van der Waals surface area contributed by atoms with E-state index in [1.165, 1.54) is 7.11 Å². The summed E-state index contributed by atoms with van der Waals surface area (Å²) in [5.74, 6) is 0.0898. The van der Waals surface area contributed by atoms with Crippen LogP contribution in [0, 0.1) is 5.92 Å². The molecule has 27 heavy (non-hydrogen) atoms. The summed E-state index contributed by atoms with van der Waals surface area (Å²) in [4.78, 5) is 12.5. The molecule has 5 heteroatoms. The molecule has 0 saturated carbocycles. The van der Waals surface area contributed by atoms with Crippen LogP contribution in [0.15, 0.2) is 65.1 Å². The van der Waals surface area contributed by atoms with Crippen LogP contribution in [0.5, 0.6) is 0 Å². The van der Waals surface area contributed by atoms with Crippen molar-refractivity contribution in [2.45, 2.75) is 32.5 Å². The number of allylic oxidation sites excluding steroid dienone is 1. The molecule has 0 saturated heterocycles. The highest BCUT2D eigenvalue weighted by molar-refractivity contribution is 9.10. The minimum Gasteiger partial charge on any atom is -0.544 e. The normalized spacial score (nSPS) is 14.4. The summed E-state index contributed by atoms with van der Waals surface area (Å²) in [7, 11) is -0.386. The van der Waals surface area contributed by atoms with Gasteiger partial charge in [-0.05, 0) is 49.3 Å². The molecule has 2 atom stereocenters. The minimum atomic E-state index is -1.82. The van der Waals surface area contributed by atoms with E-state index in [0.29, 0.717) is 0 Å². The van der Waals surface area contributed by atoms with Crippen molar-refractivity contribution in [2.24, 2.45) is 5.92 Å². The quantitative estimate of drug-likeness (QED) is 0.287. The zero-order chi connectivity index (χ0) is 20.0. The molecule has 0 aromatic heterocycles. The predicted molar refractivity (Wildman–Crippen MR) is 117 cm³/mol. The van der Waals surface area contributed by atoms with E-state index in [1.807, 2.05) is 61.5 Å². The van der Waals surface area contributed by atoms with Crippen molar-refractivity contribution in [3.05, 3.63) is 76.3 Å². The molecule has 2 aromatic rings. The molecule has 0 N–H and O–H groups in total. The van der Waals surface area contributed by atoms with Gasteiger partial charge in [-0.3, -0.25) is 4.79 Å². The van der Waals surface area contributed by atoms with Crippen LogP contribution in [0.2, 0.25) is 19.6 Å². The number of carbonyl (C=O) groups is 1. The van der Waals surface area contributed by atoms with Gasteiger partial charge in [-0.1, -0.05) is 65.3 Å². The van der Waals surface area contributed by atoms with E-state index in [-0.39, 0.29) is 11.9 Å². The smallest absolute Gasteiger partial charge is 0.313 e. The number of halogens is 1. The molecular formula is C22H27BrO3Si. The van der Waals surface area contributed by atoms with Gasteiger partial charge in [0.15, 0.2) is 0 Å². The van der Waals surface area contributed by atoms with Gasteiger partial charge in [0.1, 0.15) is 5.76 Å². The summed E-state index contributed by atoms with van der Waals surface area (Å²) in [5.41, 5.74) is 1.94. The number of esters is 1. The minimum absolute atomic E-state index is 0.0924. The van der Waals surface area contributed by atoms with E-state index < -0.39 is 14.2 Å². The SMILES string of the molecule is COC(=O)[C@@H](c1ccc(Br)cc1)[C@@H](C)/C=C(\O[Si](C)(C)C)c1ccccc1. The van der Waals surface area contributed by atoms with Crippen LogP contribution < -0.4 is 0 Å². The number of carbonyl (C=O) groups excluding carboxylic acids is 1. The van der Waals surface area contributed by atoms with Gasteiger partial charge >= 0.3 is 5.97 Å². The van der Waals surface area contributed by atoms with Gasteiger partial charge in [0.25, 0.3) is 0 Å². The number of rotatable bonds is 7. The van der Waals surface area contributed by atoms with Crippen LogP contribution in [0.25, 0.3) is 5.76 Å². The van der Waals surface area contributed by atoms with Crippen LogP contribution in [0.3, 0.4) is 0 Å². The van der Waals surface area contributed by atoms with Crippen molar-refractivity contribution in [3.63, 3.8) is 0 Å². The molecular weight excluding hydrogens is 420 g/mol. The Morgan fingerprint density at radius 3 is 2.15 bits per heavy atom. The van der Waals surface area contributed by atoms with E-state index in [2.05, 4.69) is 41.6 Å². The van der Waals surface area contributed by atoms with E-state index in [1.54, 1.807) is 0 Å². The first-order valence-electron chi connectivity index (χ1n) is 9.01. The highest BCUT2D eigenvalue weighted by Crippen LogP contribution is 2.32. The van der Waals surface area contributed by atoms with E-state index in [0.717, 1.165) is 21.4 Å². The lowest BCUT2D eigenvalue weighted by Crippen LogP contribution is -2.25. The molecule has 2 aromatic carbocycles. The Morgan fingerprint density at radius 2 is 1.63 bits per heavy atom. The lowest BCUT2D eigenvalue weighted by Gasteiger charge is -2.25. The molecule has 0 heterocycles. The van der Waals surface area contributed by atoms with Crippen molar-refractivity contribution in [1.82, 2.24) is 0 Å². The average Bonchev–Trinajstić information content (AvgIpc) is 2.62. The maximum absolute atomic E-state index is 12.5. The van der Waals surface area contributed by atoms with Gasteiger partial charge in [-0.25, -0.2) is 0 Å². The highest BCUT2D eigenvalue weighted by atomic mass is 79.9. The van der Waals surface area contributed by atoms with E-state index in [4.69, 9.17) is 9.16 Å². The molecule has 3 nitrogen and oxygen atoms in total. The van der Waals surface area contributed by atoms with Crippen LogP contribution in [0.1, 0.15) is 24.0 Å². The molecule has 0 amide bonds. The Labute approximate surface area is 171 Å². The second kappa shape index (κ2) is 9.38. The Balaban J connectivity index is 2.44. The summed E-state index contributed by atoms with van der Waals surface area (Å²) >= 11 is 3.45. The Hall–Kier alpha value is -1.85. The molecule has 0 spiro atoms. The Kier molecular flexibility index (Phi) is 7.45. The summed E-state index contributed by atoms with van der Waals surface area (Å²) in [6, 6.07) is 17.8. The Morgan fingerprint density at radius 1 is 1.04 bits per heavy atom. The molecule has 0 aliphatic carbocycles. The first-order chi connectivity index (χ1) is 12.7. The standard InChI is InChI=1S/C22H27BrO3Si/c1-16(21(22(24)25-2)18-11-13-19(23)14-12-18)15-20(26-27(3,4)5)17-9-7-6-8-10-17/h6-16,21H,1-5H3/b20-15-/t16-,21+/m0/s1. The summed E-state index contributed by atoms with van der Waals surface area (Å²) < 4.78 is 12.4. The summed E-state index contributed by atoms with van der Waals surface area (Å²) in [6.45, 7) is 8.49. The predicted octanol–water partition coefficient (Wildman–Crippen LogP) is 6.23. The van der Waals surface area contributed by atoms with Crippen LogP contribution in [-0.2, 0) is 14.0 Å². The number of hydrogen-bond donors (Lipinski definition) is 0. The monoisotopic (exact) mass is 446 g/mol. The zero-order valence-corrected chi connectivity index (χ0v) is 19.1. The number of hydrogen-bond acceptors (Lipinski definition) is 3. The third-order valence-electron chi connectivity index (χ3n) is 4.10. The van der Waals surface area contributed by atoms with Gasteiger partial charge in [0.05, 0.1) is 13.0 Å². The number of methoxy groups -OCH3 is 1. The van der Waals surface area contributed by atoms with E-state index in [9.17, 15) is 4.79 Å². The maximum Gasteiger partial charge on any atom is 0.313 e. The van der Waals surface area contributed by atoms with Gasteiger partial charge in [0.2, 0.25) is 8.32 Å². The molecule has 0 fully saturated rings. The van der Waals surface area contributed by atoms with Crippen molar-refractivity contribution in [3.8, 4) is 0 Å². The molecule has 2 rings (SSSR count). The fourth-order valence-corrected chi connectivity index (χ4v) is 4.02. The molecule has 144 valence electrons. The number of ether oxygens (including phenoxy) is 1. The fourth-order valence-electron chi connectivity index (χ4n) is 2.91. The molecule has 0 aliphatic rings. The van der Waals surface area contributed by atoms with Gasteiger partial charge in [-0.2, -0.15) is 0 Å². The van der Waals surface area contributed by atoms with E-state index >= 15 is 0 Å². The third-order valence-corrected chi connectivity index (χ3v) is 5.46. The van der Waals surface area contributed by atoms with Crippen molar-refractivity contribution in [1.29, 1.82) is 0 Å². The van der Waals surface area contributed by atoms with Crippen LogP contribution >= 0.6 is 15.9 Å². The van der Waals surface area contributed by atoms with Gasteiger partial charge < -0.3 is 9.16 Å². The van der Waals surface area contributed by atoms with Crippen molar-refractivity contribution >= 4 is 36.0 Å². The zero-order valence-electron chi connectivity index (χ0n) is 16.5. The third kappa shape index (κ3) is 6.36. The molecule has 0 aliphatic heterocycles. The van der Waals surface area contributed by atoms with Gasteiger partial charge in [-0.15, -0.1) is 0 Å². The maximum atomic E-state index is 12.5. The summed E-state index contributed by atoms with van der Waals surface area (Å²) in [6.07, 6.45) is 2.05.